The third-order valence-electron chi connectivity index (χ3n) is 2.43. The largest absolute Gasteiger partial charge is 0.472 e. The van der Waals surface area contributed by atoms with E-state index in [0.717, 1.165) is 34.8 Å². The van der Waals surface area contributed by atoms with Gasteiger partial charge in [0.2, 0.25) is 0 Å². The van der Waals surface area contributed by atoms with Crippen LogP contribution in [0.4, 0.5) is 5.82 Å². The maximum absolute atomic E-state index is 5.05. The van der Waals surface area contributed by atoms with Crippen LogP contribution in [-0.4, -0.2) is 17.0 Å². The first-order valence-corrected chi connectivity index (χ1v) is 6.24. The minimum Gasteiger partial charge on any atom is -0.472 e. The van der Waals surface area contributed by atoms with Gasteiger partial charge in [-0.2, -0.15) is 0 Å². The first-order valence-electron chi connectivity index (χ1n) is 5.44. The third kappa shape index (κ3) is 3.06. The van der Waals surface area contributed by atoms with Gasteiger partial charge in [0, 0.05) is 31.6 Å². The Kier molecular flexibility index (Phi) is 3.78. The standard InChI is InChI=1S/C12H14BrN3O/c1-3-11-14-10(13)6-12(15-11)16(2)7-9-4-5-17-8-9/h4-6,8H,3,7H2,1-2H3. The molecule has 0 unspecified atom stereocenters. The lowest BCUT2D eigenvalue weighted by atomic mass is 10.3. The smallest absolute Gasteiger partial charge is 0.133 e. The predicted octanol–water partition coefficient (Wildman–Crippen LogP) is 3.03. The van der Waals surface area contributed by atoms with Gasteiger partial charge >= 0.3 is 0 Å². The van der Waals surface area contributed by atoms with Crippen molar-refractivity contribution in [1.29, 1.82) is 0 Å². The molecule has 4 nitrogen and oxygen atoms in total. The number of hydrogen-bond acceptors (Lipinski definition) is 4. The molecule has 2 aromatic rings. The van der Waals surface area contributed by atoms with Gasteiger partial charge in [0.1, 0.15) is 16.2 Å². The van der Waals surface area contributed by atoms with Crippen LogP contribution in [0.25, 0.3) is 0 Å². The highest BCUT2D eigenvalue weighted by Gasteiger charge is 2.07. The minimum absolute atomic E-state index is 0.767. The van der Waals surface area contributed by atoms with E-state index in [1.54, 1.807) is 12.5 Å². The zero-order valence-electron chi connectivity index (χ0n) is 9.85. The van der Waals surface area contributed by atoms with Crippen molar-refractivity contribution in [1.82, 2.24) is 9.97 Å². The van der Waals surface area contributed by atoms with Gasteiger partial charge in [-0.1, -0.05) is 6.92 Å². The van der Waals surface area contributed by atoms with Crippen molar-refractivity contribution in [3.05, 3.63) is 40.7 Å². The second-order valence-corrected chi connectivity index (χ2v) is 4.62. The van der Waals surface area contributed by atoms with Crippen LogP contribution in [0.2, 0.25) is 0 Å². The fraction of sp³-hybridized carbons (Fsp3) is 0.333. The summed E-state index contributed by atoms with van der Waals surface area (Å²) < 4.78 is 5.87. The molecule has 0 aliphatic carbocycles. The van der Waals surface area contributed by atoms with E-state index in [1.165, 1.54) is 0 Å². The average Bonchev–Trinajstić information content (AvgIpc) is 2.81. The molecule has 0 fully saturated rings. The van der Waals surface area contributed by atoms with Crippen LogP contribution < -0.4 is 4.90 Å². The van der Waals surface area contributed by atoms with Crippen molar-refractivity contribution in [2.45, 2.75) is 19.9 Å². The van der Waals surface area contributed by atoms with Crippen LogP contribution in [0.3, 0.4) is 0 Å². The predicted molar refractivity (Wildman–Crippen MR) is 69.9 cm³/mol. The van der Waals surface area contributed by atoms with E-state index in [2.05, 4.69) is 30.8 Å². The molecule has 0 aliphatic rings. The summed E-state index contributed by atoms with van der Waals surface area (Å²) in [7, 11) is 2.00. The fourth-order valence-corrected chi connectivity index (χ4v) is 1.95. The second-order valence-electron chi connectivity index (χ2n) is 3.81. The summed E-state index contributed by atoms with van der Waals surface area (Å²) in [5, 5.41) is 0. The van der Waals surface area contributed by atoms with E-state index in [1.807, 2.05) is 26.1 Å². The molecular formula is C12H14BrN3O. The molecule has 0 spiro atoms. The van der Waals surface area contributed by atoms with Crippen molar-refractivity contribution in [3.8, 4) is 0 Å². The van der Waals surface area contributed by atoms with Crippen LogP contribution in [0.15, 0.2) is 33.7 Å². The van der Waals surface area contributed by atoms with Gasteiger partial charge in [0.05, 0.1) is 12.5 Å². The molecule has 2 rings (SSSR count). The molecule has 0 bridgehead atoms. The molecule has 90 valence electrons. The maximum atomic E-state index is 5.05. The Morgan fingerprint density at radius 3 is 2.88 bits per heavy atom. The zero-order chi connectivity index (χ0) is 12.3. The quantitative estimate of drug-likeness (QED) is 0.813. The summed E-state index contributed by atoms with van der Waals surface area (Å²) in [5.41, 5.74) is 1.13. The van der Waals surface area contributed by atoms with Gasteiger partial charge in [-0.05, 0) is 22.0 Å². The van der Waals surface area contributed by atoms with E-state index in [-0.39, 0.29) is 0 Å². The lowest BCUT2D eigenvalue weighted by Crippen LogP contribution is -2.18. The van der Waals surface area contributed by atoms with Crippen LogP contribution in [-0.2, 0) is 13.0 Å². The number of halogens is 1. The zero-order valence-corrected chi connectivity index (χ0v) is 11.4. The van der Waals surface area contributed by atoms with Crippen LogP contribution in [0.5, 0.6) is 0 Å². The molecule has 5 heteroatoms. The Morgan fingerprint density at radius 1 is 1.41 bits per heavy atom. The van der Waals surface area contributed by atoms with Crippen molar-refractivity contribution in [3.63, 3.8) is 0 Å². The topological polar surface area (TPSA) is 42.2 Å². The molecule has 0 saturated heterocycles. The maximum Gasteiger partial charge on any atom is 0.133 e. The highest BCUT2D eigenvalue weighted by atomic mass is 79.9. The number of furan rings is 1. The first kappa shape index (κ1) is 12.1. The Balaban J connectivity index is 2.18. The van der Waals surface area contributed by atoms with Crippen molar-refractivity contribution < 1.29 is 4.42 Å². The molecule has 0 aliphatic heterocycles. The SMILES string of the molecule is CCc1nc(Br)cc(N(C)Cc2ccoc2)n1. The first-order chi connectivity index (χ1) is 8.19. The van der Waals surface area contributed by atoms with E-state index in [9.17, 15) is 0 Å². The summed E-state index contributed by atoms with van der Waals surface area (Å²) in [5.74, 6) is 1.75. The third-order valence-corrected chi connectivity index (χ3v) is 2.84. The van der Waals surface area contributed by atoms with E-state index in [0.29, 0.717) is 0 Å². The van der Waals surface area contributed by atoms with Gasteiger partial charge in [-0.15, -0.1) is 0 Å². The summed E-state index contributed by atoms with van der Waals surface area (Å²) in [6.07, 6.45) is 4.25. The molecule has 17 heavy (non-hydrogen) atoms. The molecule has 0 aromatic carbocycles. The van der Waals surface area contributed by atoms with Crippen LogP contribution in [0.1, 0.15) is 18.3 Å². The van der Waals surface area contributed by atoms with E-state index in [4.69, 9.17) is 4.42 Å². The summed E-state index contributed by atoms with van der Waals surface area (Å²) in [6.45, 7) is 2.81. The molecule has 0 N–H and O–H groups in total. The van der Waals surface area contributed by atoms with Gasteiger partial charge in [0.15, 0.2) is 0 Å². The van der Waals surface area contributed by atoms with Crippen molar-refractivity contribution in [2.24, 2.45) is 0 Å². The summed E-state index contributed by atoms with van der Waals surface area (Å²) in [4.78, 5) is 10.8. The Labute approximate surface area is 109 Å². The number of rotatable bonds is 4. The Morgan fingerprint density at radius 2 is 2.24 bits per heavy atom. The van der Waals surface area contributed by atoms with Crippen LogP contribution >= 0.6 is 15.9 Å². The molecule has 2 aromatic heterocycles. The molecule has 0 amide bonds. The molecular weight excluding hydrogens is 282 g/mol. The van der Waals surface area contributed by atoms with Gasteiger partial charge in [0.25, 0.3) is 0 Å². The normalized spacial score (nSPS) is 10.5. The number of hydrogen-bond donors (Lipinski definition) is 0. The monoisotopic (exact) mass is 295 g/mol. The van der Waals surface area contributed by atoms with Crippen molar-refractivity contribution in [2.75, 3.05) is 11.9 Å². The van der Waals surface area contributed by atoms with Crippen LogP contribution in [0, 0.1) is 0 Å². The molecule has 0 radical (unpaired) electrons. The van der Waals surface area contributed by atoms with E-state index >= 15 is 0 Å². The average molecular weight is 296 g/mol. The molecule has 2 heterocycles. The molecule has 0 saturated carbocycles. The highest BCUT2D eigenvalue weighted by Crippen LogP contribution is 2.17. The second kappa shape index (κ2) is 5.31. The number of aromatic nitrogens is 2. The highest BCUT2D eigenvalue weighted by molar-refractivity contribution is 9.10. The minimum atomic E-state index is 0.767. The number of anilines is 1. The van der Waals surface area contributed by atoms with E-state index < -0.39 is 0 Å². The van der Waals surface area contributed by atoms with Gasteiger partial charge in [-0.3, -0.25) is 0 Å². The lowest BCUT2D eigenvalue weighted by Gasteiger charge is -2.17. The van der Waals surface area contributed by atoms with Crippen molar-refractivity contribution >= 4 is 21.7 Å². The molecule has 0 atom stereocenters. The van der Waals surface area contributed by atoms with Gasteiger partial charge in [-0.25, -0.2) is 9.97 Å². The lowest BCUT2D eigenvalue weighted by molar-refractivity contribution is 0.563. The number of nitrogens with zero attached hydrogens (tertiary/aromatic N) is 3. The Bertz CT molecular complexity index is 485. The Hall–Kier alpha value is -1.36. The summed E-state index contributed by atoms with van der Waals surface area (Å²) in [6, 6.07) is 3.87. The van der Waals surface area contributed by atoms with Gasteiger partial charge < -0.3 is 9.32 Å². The fourth-order valence-electron chi connectivity index (χ4n) is 1.54. The summed E-state index contributed by atoms with van der Waals surface area (Å²) >= 11 is 3.40. The number of aryl methyl sites for hydroxylation is 1.